The molecule has 1 atom stereocenters. The van der Waals surface area contributed by atoms with E-state index in [1.54, 1.807) is 0 Å². The highest BCUT2D eigenvalue weighted by molar-refractivity contribution is 5.78. The molecule has 1 saturated heterocycles. The van der Waals surface area contributed by atoms with Gasteiger partial charge in [-0.3, -0.25) is 9.69 Å². The Balaban J connectivity index is 1.60. The number of hydrogen-bond acceptors (Lipinski definition) is 5. The largest absolute Gasteiger partial charge is 0.492 e. The zero-order valence-electron chi connectivity index (χ0n) is 14.0. The lowest BCUT2D eigenvalue weighted by atomic mass is 10.2. The Bertz CT molecular complexity index is 467. The molecule has 1 unspecified atom stereocenters. The molecule has 1 heterocycles. The van der Waals surface area contributed by atoms with E-state index >= 15 is 0 Å². The molecule has 0 aliphatic carbocycles. The van der Waals surface area contributed by atoms with Crippen LogP contribution < -0.4 is 10.1 Å². The van der Waals surface area contributed by atoms with Crippen LogP contribution in [0.15, 0.2) is 30.3 Å². The highest BCUT2D eigenvalue weighted by Gasteiger charge is 2.22. The minimum absolute atomic E-state index is 0.0344. The van der Waals surface area contributed by atoms with Gasteiger partial charge < -0.3 is 19.7 Å². The lowest BCUT2D eigenvalue weighted by Crippen LogP contribution is -2.49. The van der Waals surface area contributed by atoms with Crippen molar-refractivity contribution in [1.82, 2.24) is 15.1 Å². The Kier molecular flexibility index (Phi) is 7.32. The summed E-state index contributed by atoms with van der Waals surface area (Å²) in [6.45, 7) is 4.57. The predicted octanol–water partition coefficient (Wildman–Crippen LogP) is 0.444. The number of para-hydroxylation sites is 1. The molecule has 6 nitrogen and oxygen atoms in total. The van der Waals surface area contributed by atoms with Gasteiger partial charge >= 0.3 is 0 Å². The van der Waals surface area contributed by atoms with Crippen LogP contribution in [-0.2, 0) is 9.53 Å². The summed E-state index contributed by atoms with van der Waals surface area (Å²) in [5.74, 6) is 0.855. The van der Waals surface area contributed by atoms with Gasteiger partial charge in [-0.1, -0.05) is 18.2 Å². The first-order valence-corrected chi connectivity index (χ1v) is 8.06. The van der Waals surface area contributed by atoms with Crippen LogP contribution in [0.3, 0.4) is 0 Å². The first kappa shape index (κ1) is 17.7. The Morgan fingerprint density at radius 3 is 2.91 bits per heavy atom. The molecular weight excluding hydrogens is 294 g/mol. The van der Waals surface area contributed by atoms with Gasteiger partial charge in [0, 0.05) is 19.6 Å². The Labute approximate surface area is 138 Å². The maximum Gasteiger partial charge on any atom is 0.234 e. The number of nitrogens with zero attached hydrogens (tertiary/aromatic N) is 2. The van der Waals surface area contributed by atoms with Gasteiger partial charge in [0.05, 0.1) is 25.8 Å². The zero-order valence-corrected chi connectivity index (χ0v) is 14.0. The summed E-state index contributed by atoms with van der Waals surface area (Å²) in [4.78, 5) is 16.2. The number of carbonyl (C=O) groups excluding carboxylic acids is 1. The van der Waals surface area contributed by atoms with Crippen molar-refractivity contribution in [2.45, 2.75) is 6.10 Å². The van der Waals surface area contributed by atoms with Crippen LogP contribution in [0, 0.1) is 0 Å². The molecule has 0 spiro atoms. The van der Waals surface area contributed by atoms with Crippen LogP contribution in [0.5, 0.6) is 5.75 Å². The van der Waals surface area contributed by atoms with E-state index in [0.29, 0.717) is 26.3 Å². The van der Waals surface area contributed by atoms with Crippen molar-refractivity contribution in [3.63, 3.8) is 0 Å². The summed E-state index contributed by atoms with van der Waals surface area (Å²) in [5, 5.41) is 2.90. The Hall–Kier alpha value is -1.63. The molecule has 6 heteroatoms. The molecule has 128 valence electrons. The average molecular weight is 321 g/mol. The fraction of sp³-hybridized carbons (Fsp3) is 0.588. The maximum absolute atomic E-state index is 12.0. The van der Waals surface area contributed by atoms with Gasteiger partial charge in [-0.05, 0) is 26.2 Å². The van der Waals surface area contributed by atoms with Gasteiger partial charge in [0.25, 0.3) is 0 Å². The van der Waals surface area contributed by atoms with E-state index in [9.17, 15) is 4.79 Å². The summed E-state index contributed by atoms with van der Waals surface area (Å²) in [6, 6.07) is 9.61. The van der Waals surface area contributed by atoms with E-state index < -0.39 is 0 Å². The average Bonchev–Trinajstić information content (AvgIpc) is 2.52. The van der Waals surface area contributed by atoms with Crippen molar-refractivity contribution in [3.8, 4) is 5.75 Å². The number of carbonyl (C=O) groups is 1. The molecule has 2 rings (SSSR count). The monoisotopic (exact) mass is 321 g/mol. The first-order valence-electron chi connectivity index (χ1n) is 8.06. The second-order valence-corrected chi connectivity index (χ2v) is 6.00. The van der Waals surface area contributed by atoms with E-state index in [2.05, 4.69) is 15.1 Å². The van der Waals surface area contributed by atoms with Gasteiger partial charge in [-0.25, -0.2) is 0 Å². The molecular formula is C17H27N3O3. The number of benzene rings is 1. The molecule has 1 aromatic rings. The topological polar surface area (TPSA) is 54.0 Å². The molecule has 1 aromatic carbocycles. The second-order valence-electron chi connectivity index (χ2n) is 6.00. The first-order chi connectivity index (χ1) is 11.1. The Morgan fingerprint density at radius 2 is 2.17 bits per heavy atom. The van der Waals surface area contributed by atoms with Crippen molar-refractivity contribution < 1.29 is 14.3 Å². The smallest absolute Gasteiger partial charge is 0.234 e. The van der Waals surface area contributed by atoms with Crippen molar-refractivity contribution in [3.05, 3.63) is 30.3 Å². The third kappa shape index (κ3) is 6.99. The third-order valence-corrected chi connectivity index (χ3v) is 3.60. The van der Waals surface area contributed by atoms with Crippen LogP contribution in [-0.4, -0.2) is 81.8 Å². The summed E-state index contributed by atoms with van der Waals surface area (Å²) >= 11 is 0. The molecule has 1 N–H and O–H groups in total. The lowest BCUT2D eigenvalue weighted by Gasteiger charge is -2.33. The lowest BCUT2D eigenvalue weighted by molar-refractivity contribution is -0.124. The zero-order chi connectivity index (χ0) is 16.5. The van der Waals surface area contributed by atoms with E-state index in [1.807, 2.05) is 44.4 Å². The number of rotatable bonds is 8. The molecule has 0 bridgehead atoms. The van der Waals surface area contributed by atoms with Crippen molar-refractivity contribution in [2.24, 2.45) is 0 Å². The van der Waals surface area contributed by atoms with Gasteiger partial charge in [-0.2, -0.15) is 0 Å². The van der Waals surface area contributed by atoms with E-state index in [0.717, 1.165) is 25.4 Å². The number of amides is 1. The van der Waals surface area contributed by atoms with Crippen LogP contribution in [0.2, 0.25) is 0 Å². The summed E-state index contributed by atoms with van der Waals surface area (Å²) in [6.07, 6.45) is 0.174. The molecule has 23 heavy (non-hydrogen) atoms. The molecule has 1 amide bonds. The summed E-state index contributed by atoms with van der Waals surface area (Å²) in [7, 11) is 4.06. The third-order valence-electron chi connectivity index (χ3n) is 3.60. The number of ether oxygens (including phenoxy) is 2. The fourth-order valence-corrected chi connectivity index (χ4v) is 2.58. The van der Waals surface area contributed by atoms with Gasteiger partial charge in [0.2, 0.25) is 5.91 Å². The number of likely N-dealkylation sites (N-methyl/N-ethyl adjacent to an activating group) is 1. The SMILES string of the molecule is CN(C)CC1CN(CC(=O)NCCOc2ccccc2)CCO1. The summed E-state index contributed by atoms with van der Waals surface area (Å²) < 4.78 is 11.3. The van der Waals surface area contributed by atoms with Crippen LogP contribution in [0.4, 0.5) is 0 Å². The van der Waals surface area contributed by atoms with Gasteiger partial charge in [-0.15, -0.1) is 0 Å². The van der Waals surface area contributed by atoms with Gasteiger partial charge in [0.1, 0.15) is 12.4 Å². The maximum atomic E-state index is 12.0. The minimum atomic E-state index is 0.0344. The van der Waals surface area contributed by atoms with Crippen molar-refractivity contribution in [1.29, 1.82) is 0 Å². The highest BCUT2D eigenvalue weighted by atomic mass is 16.5. The van der Waals surface area contributed by atoms with Crippen LogP contribution in [0.1, 0.15) is 0 Å². The fourth-order valence-electron chi connectivity index (χ4n) is 2.58. The molecule has 0 saturated carbocycles. The van der Waals surface area contributed by atoms with E-state index in [4.69, 9.17) is 9.47 Å². The predicted molar refractivity (Wildman–Crippen MR) is 89.7 cm³/mol. The van der Waals surface area contributed by atoms with Gasteiger partial charge in [0.15, 0.2) is 0 Å². The molecule has 1 fully saturated rings. The standard InChI is InChI=1S/C17H27N3O3/c1-19(2)12-16-13-20(9-11-23-16)14-17(21)18-8-10-22-15-6-4-3-5-7-15/h3-7,16H,8-14H2,1-2H3,(H,18,21). The minimum Gasteiger partial charge on any atom is -0.492 e. The van der Waals surface area contributed by atoms with E-state index in [1.165, 1.54) is 0 Å². The number of morpholine rings is 1. The normalized spacial score (nSPS) is 18.8. The number of hydrogen-bond donors (Lipinski definition) is 1. The van der Waals surface area contributed by atoms with Crippen molar-refractivity contribution >= 4 is 5.91 Å². The molecule has 1 aliphatic heterocycles. The molecule has 0 radical (unpaired) electrons. The molecule has 1 aliphatic rings. The Morgan fingerprint density at radius 1 is 1.39 bits per heavy atom. The van der Waals surface area contributed by atoms with Crippen LogP contribution in [0.25, 0.3) is 0 Å². The number of nitrogens with one attached hydrogen (secondary N) is 1. The van der Waals surface area contributed by atoms with Crippen molar-refractivity contribution in [2.75, 3.05) is 60.0 Å². The molecule has 0 aromatic heterocycles. The highest BCUT2D eigenvalue weighted by Crippen LogP contribution is 2.07. The quantitative estimate of drug-likeness (QED) is 0.705. The second kappa shape index (κ2) is 9.50. The van der Waals surface area contributed by atoms with Crippen LogP contribution >= 0.6 is 0 Å². The van der Waals surface area contributed by atoms with E-state index in [-0.39, 0.29) is 12.0 Å². The summed E-state index contributed by atoms with van der Waals surface area (Å²) in [5.41, 5.74) is 0.